The largest absolute Gasteiger partial charge is 0.481 e. The van der Waals surface area contributed by atoms with Crippen LogP contribution in [0.4, 0.5) is 4.79 Å². The molecule has 0 spiro atoms. The van der Waals surface area contributed by atoms with Crippen molar-refractivity contribution in [2.24, 2.45) is 5.92 Å². The maximum atomic E-state index is 13.8. The standard InChI is InChI=1S/C32H35N3O5/c1-22(29(36)37)18-34(2)30(38)32(16-17-35(21-32)19-23-10-4-3-5-11-23)33-31(39)40-20-28-26-14-8-6-12-24(26)25-13-7-9-15-27(25)28/h3-15,22,28H,16-21H2,1-2H3,(H,33,39)(H,36,37). The van der Waals surface area contributed by atoms with Crippen LogP contribution in [0.5, 0.6) is 0 Å². The van der Waals surface area contributed by atoms with Crippen LogP contribution in [0.1, 0.15) is 36.0 Å². The van der Waals surface area contributed by atoms with Crippen LogP contribution in [0.2, 0.25) is 0 Å². The molecule has 1 fully saturated rings. The molecule has 3 aromatic rings. The van der Waals surface area contributed by atoms with Gasteiger partial charge in [-0.2, -0.15) is 0 Å². The number of benzene rings is 3. The van der Waals surface area contributed by atoms with E-state index in [1.807, 2.05) is 54.6 Å². The first-order chi connectivity index (χ1) is 19.3. The molecule has 0 bridgehead atoms. The number of fused-ring (bicyclic) bond motifs is 3. The molecule has 208 valence electrons. The number of hydrogen-bond donors (Lipinski definition) is 2. The highest BCUT2D eigenvalue weighted by Crippen LogP contribution is 2.44. The first-order valence-electron chi connectivity index (χ1n) is 13.7. The number of carbonyl (C=O) groups excluding carboxylic acids is 2. The van der Waals surface area contributed by atoms with E-state index in [9.17, 15) is 19.5 Å². The van der Waals surface area contributed by atoms with Crippen molar-refractivity contribution in [3.8, 4) is 11.1 Å². The summed E-state index contributed by atoms with van der Waals surface area (Å²) >= 11 is 0. The van der Waals surface area contributed by atoms with E-state index in [-0.39, 0.29) is 25.0 Å². The predicted molar refractivity (Wildman–Crippen MR) is 152 cm³/mol. The molecule has 1 aliphatic heterocycles. The fourth-order valence-electron chi connectivity index (χ4n) is 5.96. The Kier molecular flexibility index (Phi) is 7.89. The summed E-state index contributed by atoms with van der Waals surface area (Å²) in [5, 5.41) is 12.3. The summed E-state index contributed by atoms with van der Waals surface area (Å²) in [4.78, 5) is 42.1. The van der Waals surface area contributed by atoms with Crippen molar-refractivity contribution in [2.45, 2.75) is 31.3 Å². The third-order valence-electron chi connectivity index (χ3n) is 8.01. The van der Waals surface area contributed by atoms with Gasteiger partial charge in [0.25, 0.3) is 0 Å². The molecule has 2 amide bonds. The van der Waals surface area contributed by atoms with Gasteiger partial charge in [-0.3, -0.25) is 14.5 Å². The maximum absolute atomic E-state index is 13.8. The number of carbonyl (C=O) groups is 3. The van der Waals surface area contributed by atoms with E-state index in [0.29, 0.717) is 26.1 Å². The highest BCUT2D eigenvalue weighted by atomic mass is 16.5. The van der Waals surface area contributed by atoms with E-state index in [0.717, 1.165) is 27.8 Å². The summed E-state index contributed by atoms with van der Waals surface area (Å²) in [7, 11) is 1.59. The van der Waals surface area contributed by atoms with Crippen LogP contribution < -0.4 is 5.32 Å². The van der Waals surface area contributed by atoms with Gasteiger partial charge in [0.1, 0.15) is 12.1 Å². The molecule has 2 unspecified atom stereocenters. The number of alkyl carbamates (subject to hydrolysis) is 1. The number of amides is 2. The number of aliphatic carboxylic acids is 1. The minimum atomic E-state index is -1.22. The lowest BCUT2D eigenvalue weighted by Gasteiger charge is -2.34. The van der Waals surface area contributed by atoms with E-state index in [1.54, 1.807) is 14.0 Å². The van der Waals surface area contributed by atoms with Crippen molar-refractivity contribution in [1.29, 1.82) is 0 Å². The Morgan fingerprint density at radius 3 is 2.23 bits per heavy atom. The molecule has 1 heterocycles. The third kappa shape index (κ3) is 5.58. The van der Waals surface area contributed by atoms with Gasteiger partial charge in [-0.1, -0.05) is 85.8 Å². The Balaban J connectivity index is 1.31. The number of nitrogens with zero attached hydrogens (tertiary/aromatic N) is 2. The second-order valence-electron chi connectivity index (χ2n) is 10.9. The van der Waals surface area contributed by atoms with Gasteiger partial charge in [0.15, 0.2) is 0 Å². The van der Waals surface area contributed by atoms with Gasteiger partial charge in [-0.05, 0) is 34.2 Å². The normalized spacial score (nSPS) is 18.9. The zero-order chi connectivity index (χ0) is 28.3. The average molecular weight is 542 g/mol. The van der Waals surface area contributed by atoms with Crippen molar-refractivity contribution in [3.63, 3.8) is 0 Å². The second kappa shape index (κ2) is 11.5. The Labute approximate surface area is 234 Å². The van der Waals surface area contributed by atoms with Crippen molar-refractivity contribution >= 4 is 18.0 Å². The van der Waals surface area contributed by atoms with Crippen LogP contribution in [-0.4, -0.2) is 71.7 Å². The summed E-state index contributed by atoms with van der Waals surface area (Å²) in [6.07, 6.45) is -0.259. The Morgan fingerprint density at radius 1 is 1.00 bits per heavy atom. The first kappa shape index (κ1) is 27.4. The molecule has 5 rings (SSSR count). The maximum Gasteiger partial charge on any atom is 0.408 e. The first-order valence-corrected chi connectivity index (χ1v) is 13.7. The van der Waals surface area contributed by atoms with E-state index in [1.165, 1.54) is 4.90 Å². The molecule has 40 heavy (non-hydrogen) atoms. The molecule has 2 aliphatic rings. The van der Waals surface area contributed by atoms with Crippen molar-refractivity contribution in [2.75, 3.05) is 33.3 Å². The highest BCUT2D eigenvalue weighted by Gasteiger charge is 2.48. The number of carboxylic acids is 1. The van der Waals surface area contributed by atoms with Crippen LogP contribution in [0.3, 0.4) is 0 Å². The topological polar surface area (TPSA) is 99.2 Å². The minimum absolute atomic E-state index is 0.0426. The van der Waals surface area contributed by atoms with Crippen LogP contribution >= 0.6 is 0 Å². The number of likely N-dealkylation sites (tertiary alicyclic amines) is 1. The Hall–Kier alpha value is -4.17. The van der Waals surface area contributed by atoms with Gasteiger partial charge in [0.2, 0.25) is 5.91 Å². The second-order valence-corrected chi connectivity index (χ2v) is 10.9. The number of hydrogen-bond acceptors (Lipinski definition) is 5. The SMILES string of the molecule is CC(CN(C)C(=O)C1(NC(=O)OCC2c3ccccc3-c3ccccc32)CCN(Cc2ccccc2)C1)C(=O)O. The molecular formula is C32H35N3O5. The van der Waals surface area contributed by atoms with Gasteiger partial charge in [0.05, 0.1) is 5.92 Å². The molecule has 1 aliphatic carbocycles. The molecule has 0 saturated carbocycles. The van der Waals surface area contributed by atoms with Crippen molar-refractivity contribution in [3.05, 3.63) is 95.6 Å². The van der Waals surface area contributed by atoms with Crippen LogP contribution in [0.15, 0.2) is 78.9 Å². The van der Waals surface area contributed by atoms with E-state index in [4.69, 9.17) is 4.74 Å². The van der Waals surface area contributed by atoms with E-state index < -0.39 is 23.5 Å². The minimum Gasteiger partial charge on any atom is -0.481 e. The summed E-state index contributed by atoms with van der Waals surface area (Å²) < 4.78 is 5.80. The number of likely N-dealkylation sites (N-methyl/N-ethyl adjacent to an activating group) is 1. The average Bonchev–Trinajstić information content (AvgIpc) is 3.51. The van der Waals surface area contributed by atoms with E-state index in [2.05, 4.69) is 34.5 Å². The lowest BCUT2D eigenvalue weighted by Crippen LogP contribution is -2.61. The molecule has 1 saturated heterocycles. The van der Waals surface area contributed by atoms with Gasteiger partial charge < -0.3 is 20.1 Å². The molecule has 0 aromatic heterocycles. The summed E-state index contributed by atoms with van der Waals surface area (Å²) in [5.74, 6) is -2.12. The van der Waals surface area contributed by atoms with Gasteiger partial charge in [-0.15, -0.1) is 0 Å². The molecule has 3 aromatic carbocycles. The highest BCUT2D eigenvalue weighted by molar-refractivity contribution is 5.91. The smallest absolute Gasteiger partial charge is 0.408 e. The molecule has 8 nitrogen and oxygen atoms in total. The Bertz CT molecular complexity index is 1350. The molecule has 8 heteroatoms. The van der Waals surface area contributed by atoms with Crippen LogP contribution in [0, 0.1) is 5.92 Å². The number of ether oxygens (including phenoxy) is 1. The van der Waals surface area contributed by atoms with Gasteiger partial charge >= 0.3 is 12.1 Å². The van der Waals surface area contributed by atoms with Crippen LogP contribution in [-0.2, 0) is 20.9 Å². The number of rotatable bonds is 9. The quantitative estimate of drug-likeness (QED) is 0.418. The number of nitrogens with one attached hydrogen (secondary N) is 1. The number of carboxylic acid groups (broad SMARTS) is 1. The lowest BCUT2D eigenvalue weighted by atomic mass is 9.96. The summed E-state index contributed by atoms with van der Waals surface area (Å²) in [6, 6.07) is 26.2. The zero-order valence-electron chi connectivity index (χ0n) is 22.9. The predicted octanol–water partition coefficient (Wildman–Crippen LogP) is 4.35. The zero-order valence-corrected chi connectivity index (χ0v) is 22.9. The lowest BCUT2D eigenvalue weighted by molar-refractivity contribution is -0.144. The monoisotopic (exact) mass is 541 g/mol. The van der Waals surface area contributed by atoms with Crippen molar-refractivity contribution in [1.82, 2.24) is 15.1 Å². The molecule has 2 atom stereocenters. The van der Waals surface area contributed by atoms with Gasteiger partial charge in [-0.25, -0.2) is 4.79 Å². The Morgan fingerprint density at radius 2 is 1.60 bits per heavy atom. The van der Waals surface area contributed by atoms with Crippen LogP contribution in [0.25, 0.3) is 11.1 Å². The molecule has 0 radical (unpaired) electrons. The summed E-state index contributed by atoms with van der Waals surface area (Å²) in [5.41, 5.74) is 4.39. The van der Waals surface area contributed by atoms with Gasteiger partial charge in [0, 0.05) is 39.1 Å². The third-order valence-corrected chi connectivity index (χ3v) is 8.01. The van der Waals surface area contributed by atoms with Crippen molar-refractivity contribution < 1.29 is 24.2 Å². The molecular weight excluding hydrogens is 506 g/mol. The molecule has 2 N–H and O–H groups in total. The van der Waals surface area contributed by atoms with E-state index >= 15 is 0 Å². The summed E-state index contributed by atoms with van der Waals surface area (Å²) in [6.45, 7) is 3.29. The fraction of sp³-hybridized carbons (Fsp3) is 0.344. The fourth-order valence-corrected chi connectivity index (χ4v) is 5.96.